The molecule has 0 nitrogen and oxygen atoms in total. The van der Waals surface area contributed by atoms with Crippen LogP contribution in [0.15, 0.2) is 0 Å². The van der Waals surface area contributed by atoms with E-state index in [9.17, 15) is 0 Å². The summed E-state index contributed by atoms with van der Waals surface area (Å²) < 4.78 is 0. The van der Waals surface area contributed by atoms with Crippen molar-refractivity contribution in [3.05, 3.63) is 0 Å². The van der Waals surface area contributed by atoms with E-state index in [4.69, 9.17) is 0 Å². The van der Waals surface area contributed by atoms with Gasteiger partial charge in [-0.3, -0.25) is 0 Å². The SMILES string of the molecule is CC12CCCCC1(C)C1(C)CCCCC21C.CC1CC2C(C)C(C)C2CC1C. The van der Waals surface area contributed by atoms with Crippen molar-refractivity contribution < 1.29 is 0 Å². The zero-order chi connectivity index (χ0) is 20.5. The third-order valence-corrected chi connectivity index (χ3v) is 13.1. The molecule has 5 rings (SSSR count). The molecule has 28 heavy (non-hydrogen) atoms. The van der Waals surface area contributed by atoms with Crippen LogP contribution >= 0.6 is 0 Å². The summed E-state index contributed by atoms with van der Waals surface area (Å²) in [7, 11) is 0. The van der Waals surface area contributed by atoms with E-state index in [1.165, 1.54) is 64.2 Å². The van der Waals surface area contributed by atoms with Crippen molar-refractivity contribution in [1.29, 1.82) is 0 Å². The Kier molecular flexibility index (Phi) is 5.12. The highest BCUT2D eigenvalue weighted by atomic mass is 14.8. The maximum Gasteiger partial charge on any atom is -0.0207 e. The van der Waals surface area contributed by atoms with E-state index in [0.29, 0.717) is 21.7 Å². The van der Waals surface area contributed by atoms with Crippen LogP contribution in [0.1, 0.15) is 120 Å². The average Bonchev–Trinajstić information content (AvgIpc) is 2.68. The van der Waals surface area contributed by atoms with Crippen LogP contribution in [0, 0.1) is 57.2 Å². The lowest BCUT2D eigenvalue weighted by atomic mass is 9.21. The quantitative estimate of drug-likeness (QED) is 0.390. The molecule has 5 fully saturated rings. The number of hydrogen-bond acceptors (Lipinski definition) is 0. The molecule has 5 saturated carbocycles. The molecule has 0 radical (unpaired) electrons. The number of hydrogen-bond donors (Lipinski definition) is 0. The van der Waals surface area contributed by atoms with Crippen LogP contribution in [-0.4, -0.2) is 0 Å². The summed E-state index contributed by atoms with van der Waals surface area (Å²) in [5, 5.41) is 0. The number of rotatable bonds is 0. The van der Waals surface area contributed by atoms with E-state index in [0.717, 1.165) is 35.5 Å². The molecule has 0 heteroatoms. The summed E-state index contributed by atoms with van der Waals surface area (Å²) in [5.41, 5.74) is 2.58. The van der Waals surface area contributed by atoms with Crippen molar-refractivity contribution in [2.75, 3.05) is 0 Å². The topological polar surface area (TPSA) is 0 Å². The first-order chi connectivity index (χ1) is 13.0. The van der Waals surface area contributed by atoms with E-state index < -0.39 is 0 Å². The smallest absolute Gasteiger partial charge is 0.0207 e. The van der Waals surface area contributed by atoms with Gasteiger partial charge in [0, 0.05) is 0 Å². The largest absolute Gasteiger partial charge is 0.0622 e. The summed E-state index contributed by atoms with van der Waals surface area (Å²) in [5.74, 6) is 6.19. The van der Waals surface area contributed by atoms with E-state index in [1.54, 1.807) is 0 Å². The summed E-state index contributed by atoms with van der Waals surface area (Å²) in [6.07, 6.45) is 14.9. The Hall–Kier alpha value is 0. The zero-order valence-corrected chi connectivity index (χ0v) is 20.5. The molecule has 0 aliphatic heterocycles. The molecule has 0 amide bonds. The Morgan fingerprint density at radius 3 is 0.964 bits per heavy atom. The lowest BCUT2D eigenvalue weighted by Gasteiger charge is -2.83. The predicted octanol–water partition coefficient (Wildman–Crippen LogP) is 8.74. The number of fused-ring (bicyclic) bond motifs is 5. The van der Waals surface area contributed by atoms with Crippen molar-refractivity contribution in [3.63, 3.8) is 0 Å². The van der Waals surface area contributed by atoms with Gasteiger partial charge in [-0.1, -0.05) is 81.1 Å². The Bertz CT molecular complexity index is 489. The molecule has 6 unspecified atom stereocenters. The van der Waals surface area contributed by atoms with E-state index >= 15 is 0 Å². The fourth-order valence-corrected chi connectivity index (χ4v) is 10.0. The molecule has 5 aliphatic carbocycles. The summed E-state index contributed by atoms with van der Waals surface area (Å²) in [6, 6.07) is 0. The molecule has 0 aromatic carbocycles. The maximum atomic E-state index is 2.62. The highest BCUT2D eigenvalue weighted by Gasteiger charge is 2.78. The normalized spacial score (nSPS) is 60.0. The first kappa shape index (κ1) is 21.2. The minimum atomic E-state index is 0.646. The van der Waals surface area contributed by atoms with Gasteiger partial charge in [0.05, 0.1) is 0 Å². The van der Waals surface area contributed by atoms with Gasteiger partial charge < -0.3 is 0 Å². The molecule has 0 heterocycles. The van der Waals surface area contributed by atoms with Gasteiger partial charge in [0.15, 0.2) is 0 Å². The molecule has 162 valence electrons. The van der Waals surface area contributed by atoms with Crippen LogP contribution in [-0.2, 0) is 0 Å². The molecule has 0 bridgehead atoms. The van der Waals surface area contributed by atoms with Crippen LogP contribution in [0.2, 0.25) is 0 Å². The first-order valence-electron chi connectivity index (χ1n) is 13.0. The molecule has 0 aromatic heterocycles. The van der Waals surface area contributed by atoms with Gasteiger partial charge in [-0.05, 0) is 95.7 Å². The minimum Gasteiger partial charge on any atom is -0.0622 e. The Balaban J connectivity index is 0.000000143. The summed E-state index contributed by atoms with van der Waals surface area (Å²) >= 11 is 0. The lowest BCUT2D eigenvalue weighted by Crippen LogP contribution is -2.76. The van der Waals surface area contributed by atoms with Gasteiger partial charge in [0.1, 0.15) is 0 Å². The molecule has 0 saturated heterocycles. The van der Waals surface area contributed by atoms with Crippen molar-refractivity contribution in [2.24, 2.45) is 57.2 Å². The highest BCUT2D eigenvalue weighted by molar-refractivity contribution is 5.26. The Morgan fingerprint density at radius 2 is 0.714 bits per heavy atom. The zero-order valence-electron chi connectivity index (χ0n) is 20.5. The van der Waals surface area contributed by atoms with Crippen molar-refractivity contribution in [1.82, 2.24) is 0 Å². The maximum absolute atomic E-state index is 2.62. The fourth-order valence-electron chi connectivity index (χ4n) is 10.0. The molecule has 0 N–H and O–H groups in total. The van der Waals surface area contributed by atoms with Crippen molar-refractivity contribution in [3.8, 4) is 0 Å². The van der Waals surface area contributed by atoms with Gasteiger partial charge in [0.2, 0.25) is 0 Å². The molecule has 6 atom stereocenters. The second-order valence-corrected chi connectivity index (χ2v) is 13.2. The molecule has 0 spiro atoms. The molecule has 0 aromatic rings. The van der Waals surface area contributed by atoms with Crippen LogP contribution < -0.4 is 0 Å². The van der Waals surface area contributed by atoms with Gasteiger partial charge in [-0.15, -0.1) is 0 Å². The predicted molar refractivity (Wildman–Crippen MR) is 122 cm³/mol. The van der Waals surface area contributed by atoms with Crippen molar-refractivity contribution in [2.45, 2.75) is 120 Å². The van der Waals surface area contributed by atoms with Gasteiger partial charge in [0.25, 0.3) is 0 Å². The lowest BCUT2D eigenvalue weighted by molar-refractivity contribution is -0.348. The first-order valence-corrected chi connectivity index (χ1v) is 13.0. The average molecular weight is 387 g/mol. The van der Waals surface area contributed by atoms with E-state index in [1.807, 2.05) is 0 Å². The van der Waals surface area contributed by atoms with Crippen LogP contribution in [0.3, 0.4) is 0 Å². The standard InChI is InChI=1S/C16H28.C12H22/c1-13-9-5-6-10-14(13,2)16(4)12-8-7-11-15(13,16)3;1-7-5-11-9(3)10(4)12(11)6-8(7)2/h5-12H2,1-4H3;7-12H,5-6H2,1-4H3. The van der Waals surface area contributed by atoms with E-state index in [2.05, 4.69) is 55.4 Å². The fraction of sp³-hybridized carbons (Fsp3) is 1.00. The minimum absolute atomic E-state index is 0.646. The molecule has 5 aliphatic rings. The summed E-state index contributed by atoms with van der Waals surface area (Å²) in [6.45, 7) is 20.3. The van der Waals surface area contributed by atoms with Crippen LogP contribution in [0.5, 0.6) is 0 Å². The molecular formula is C28H50. The second kappa shape index (κ2) is 6.75. The van der Waals surface area contributed by atoms with Crippen LogP contribution in [0.4, 0.5) is 0 Å². The van der Waals surface area contributed by atoms with E-state index in [-0.39, 0.29) is 0 Å². The van der Waals surface area contributed by atoms with Crippen molar-refractivity contribution >= 4 is 0 Å². The molecular weight excluding hydrogens is 336 g/mol. The van der Waals surface area contributed by atoms with Gasteiger partial charge >= 0.3 is 0 Å². The van der Waals surface area contributed by atoms with Gasteiger partial charge in [-0.25, -0.2) is 0 Å². The third kappa shape index (κ3) is 2.42. The Labute approximate surface area is 177 Å². The highest BCUT2D eigenvalue weighted by Crippen LogP contribution is 2.85. The Morgan fingerprint density at radius 1 is 0.464 bits per heavy atom. The third-order valence-electron chi connectivity index (χ3n) is 13.1. The summed E-state index contributed by atoms with van der Waals surface area (Å²) in [4.78, 5) is 0. The second-order valence-electron chi connectivity index (χ2n) is 13.2. The van der Waals surface area contributed by atoms with Gasteiger partial charge in [-0.2, -0.15) is 0 Å². The van der Waals surface area contributed by atoms with Crippen LogP contribution in [0.25, 0.3) is 0 Å². The monoisotopic (exact) mass is 386 g/mol.